The Morgan fingerprint density at radius 2 is 1.81 bits per heavy atom. The van der Waals surface area contributed by atoms with Gasteiger partial charge in [-0.3, -0.25) is 14.3 Å². The molecule has 1 N–H and O–H groups in total. The molecule has 2 aliphatic heterocycles. The first-order valence-electron chi connectivity index (χ1n) is 12.2. The molecular formula is C26H34N6. The minimum Gasteiger partial charge on any atom is -0.355 e. The first kappa shape index (κ1) is 20.2. The normalized spacial score (nSPS) is 25.5. The average molecular weight is 431 g/mol. The molecule has 1 saturated carbocycles. The van der Waals surface area contributed by atoms with Gasteiger partial charge in [-0.15, -0.1) is 0 Å². The fourth-order valence-electron chi connectivity index (χ4n) is 5.99. The van der Waals surface area contributed by atoms with Gasteiger partial charge in [0.1, 0.15) is 11.5 Å². The molecule has 0 aromatic carbocycles. The smallest absolute Gasteiger partial charge is 0.138 e. The summed E-state index contributed by atoms with van der Waals surface area (Å²) in [5, 5.41) is 3.90. The van der Waals surface area contributed by atoms with Crippen LogP contribution in [0.2, 0.25) is 0 Å². The third-order valence-corrected chi connectivity index (χ3v) is 8.14. The van der Waals surface area contributed by atoms with Crippen LogP contribution in [0.3, 0.4) is 0 Å². The number of fused-ring (bicyclic) bond motifs is 1. The zero-order valence-corrected chi connectivity index (χ0v) is 19.5. The molecule has 1 spiro atoms. The maximum absolute atomic E-state index is 5.15. The minimum atomic E-state index is 0.269. The van der Waals surface area contributed by atoms with Crippen LogP contribution in [0.1, 0.15) is 66.8 Å². The minimum absolute atomic E-state index is 0.269. The van der Waals surface area contributed by atoms with Crippen molar-refractivity contribution in [3.05, 3.63) is 59.2 Å². The summed E-state index contributed by atoms with van der Waals surface area (Å²) in [6.45, 7) is 7.75. The standard InChI is InChI=1S/C26H34N6/c1-18-7-6-14-27-24(18)20-8-4-9-21(28-20)25-19(2)32-22(29-25)10-5-11-23(32)31-16-15-30(3)26(17-31)12-13-26/h5-7,10-11,14,20-21,28H,4,8-9,12-13,15-17H2,1-3H3/t20-,21+/m0/s1. The zero-order valence-electron chi connectivity index (χ0n) is 19.5. The summed E-state index contributed by atoms with van der Waals surface area (Å²) in [7, 11) is 2.29. The predicted octanol–water partition coefficient (Wildman–Crippen LogP) is 4.19. The Bertz CT molecular complexity index is 1150. The molecule has 0 bridgehead atoms. The number of likely N-dealkylation sites (N-methyl/N-ethyl adjacent to an activating group) is 1. The molecule has 0 unspecified atom stereocenters. The van der Waals surface area contributed by atoms with Crippen molar-refractivity contribution >= 4 is 11.5 Å². The fraction of sp³-hybridized carbons (Fsp3) is 0.538. The molecule has 1 aliphatic carbocycles. The Hall–Kier alpha value is -2.44. The number of aryl methyl sites for hydroxylation is 2. The molecule has 2 saturated heterocycles. The molecule has 5 heterocycles. The van der Waals surface area contributed by atoms with Gasteiger partial charge in [0.05, 0.1) is 23.5 Å². The Kier molecular flexibility index (Phi) is 4.77. The van der Waals surface area contributed by atoms with Gasteiger partial charge in [0.25, 0.3) is 0 Å². The highest BCUT2D eigenvalue weighted by Crippen LogP contribution is 2.44. The Morgan fingerprint density at radius 3 is 2.59 bits per heavy atom. The maximum Gasteiger partial charge on any atom is 0.138 e. The van der Waals surface area contributed by atoms with Crippen LogP contribution in [-0.4, -0.2) is 51.5 Å². The van der Waals surface area contributed by atoms with Crippen molar-refractivity contribution in [2.45, 2.75) is 63.6 Å². The molecule has 0 radical (unpaired) electrons. The van der Waals surface area contributed by atoms with E-state index in [4.69, 9.17) is 9.97 Å². The number of pyridine rings is 2. The number of piperidine rings is 1. The topological polar surface area (TPSA) is 48.7 Å². The number of anilines is 1. The van der Waals surface area contributed by atoms with Gasteiger partial charge in [0, 0.05) is 37.1 Å². The first-order valence-corrected chi connectivity index (χ1v) is 12.2. The van der Waals surface area contributed by atoms with Crippen LogP contribution in [0.4, 0.5) is 5.82 Å². The number of hydrogen-bond donors (Lipinski definition) is 1. The van der Waals surface area contributed by atoms with E-state index in [-0.39, 0.29) is 6.04 Å². The number of imidazole rings is 1. The highest BCUT2D eigenvalue weighted by molar-refractivity contribution is 5.56. The number of piperazine rings is 1. The molecule has 3 aliphatic rings. The number of nitrogens with one attached hydrogen (secondary N) is 1. The summed E-state index contributed by atoms with van der Waals surface area (Å²) in [6.07, 6.45) is 8.02. The second-order valence-electron chi connectivity index (χ2n) is 10.1. The largest absolute Gasteiger partial charge is 0.355 e. The SMILES string of the molecule is Cc1cccnc1[C@@H]1CCC[C@H](c2nc3cccc(N4CCN(C)C5(CC5)C4)n3c2C)N1. The molecule has 0 amide bonds. The van der Waals surface area contributed by atoms with Gasteiger partial charge in [0.2, 0.25) is 0 Å². The van der Waals surface area contributed by atoms with E-state index in [9.17, 15) is 0 Å². The molecule has 3 aromatic heterocycles. The van der Waals surface area contributed by atoms with Crippen LogP contribution >= 0.6 is 0 Å². The van der Waals surface area contributed by atoms with Crippen LogP contribution in [-0.2, 0) is 0 Å². The van der Waals surface area contributed by atoms with Crippen molar-refractivity contribution < 1.29 is 0 Å². The summed E-state index contributed by atoms with van der Waals surface area (Å²) in [6, 6.07) is 11.4. The molecule has 3 fully saturated rings. The van der Waals surface area contributed by atoms with Crippen LogP contribution in [0.5, 0.6) is 0 Å². The van der Waals surface area contributed by atoms with Crippen molar-refractivity contribution in [3.8, 4) is 0 Å². The molecule has 2 atom stereocenters. The van der Waals surface area contributed by atoms with E-state index in [1.807, 2.05) is 12.3 Å². The van der Waals surface area contributed by atoms with E-state index >= 15 is 0 Å². The van der Waals surface area contributed by atoms with E-state index in [1.54, 1.807) is 0 Å². The molecule has 32 heavy (non-hydrogen) atoms. The first-order chi connectivity index (χ1) is 15.6. The third-order valence-electron chi connectivity index (χ3n) is 8.14. The molecule has 6 nitrogen and oxygen atoms in total. The van der Waals surface area contributed by atoms with Crippen LogP contribution in [0.15, 0.2) is 36.5 Å². The number of rotatable bonds is 3. The van der Waals surface area contributed by atoms with Crippen molar-refractivity contribution in [1.82, 2.24) is 24.6 Å². The van der Waals surface area contributed by atoms with Gasteiger partial charge in [-0.05, 0) is 76.8 Å². The quantitative estimate of drug-likeness (QED) is 0.675. The summed E-state index contributed by atoms with van der Waals surface area (Å²) < 4.78 is 2.40. The van der Waals surface area contributed by atoms with Crippen LogP contribution < -0.4 is 10.2 Å². The van der Waals surface area contributed by atoms with Gasteiger partial charge in [0.15, 0.2) is 0 Å². The lowest BCUT2D eigenvalue weighted by Crippen LogP contribution is -2.53. The molecule has 3 aromatic rings. The molecule has 6 rings (SSSR count). The number of nitrogens with zero attached hydrogens (tertiary/aromatic N) is 5. The summed E-state index contributed by atoms with van der Waals surface area (Å²) in [4.78, 5) is 15.0. The molecule has 6 heteroatoms. The Balaban J connectivity index is 1.33. The lowest BCUT2D eigenvalue weighted by molar-refractivity contribution is 0.198. The van der Waals surface area contributed by atoms with Gasteiger partial charge >= 0.3 is 0 Å². The Labute approximate surface area is 190 Å². The highest BCUT2D eigenvalue weighted by Gasteiger charge is 2.49. The number of hydrogen-bond acceptors (Lipinski definition) is 5. The van der Waals surface area contributed by atoms with E-state index < -0.39 is 0 Å². The summed E-state index contributed by atoms with van der Waals surface area (Å²) in [5.41, 5.74) is 6.39. The lowest BCUT2D eigenvalue weighted by atomic mass is 9.92. The van der Waals surface area contributed by atoms with Gasteiger partial charge in [-0.2, -0.15) is 0 Å². The highest BCUT2D eigenvalue weighted by atomic mass is 15.4. The van der Waals surface area contributed by atoms with Gasteiger partial charge in [-0.1, -0.05) is 12.1 Å². The monoisotopic (exact) mass is 430 g/mol. The lowest BCUT2D eigenvalue weighted by Gasteiger charge is -2.41. The zero-order chi connectivity index (χ0) is 21.9. The van der Waals surface area contributed by atoms with E-state index in [0.717, 1.165) is 38.1 Å². The van der Waals surface area contributed by atoms with Crippen molar-refractivity contribution in [3.63, 3.8) is 0 Å². The van der Waals surface area contributed by atoms with Crippen LogP contribution in [0, 0.1) is 13.8 Å². The Morgan fingerprint density at radius 1 is 1.00 bits per heavy atom. The van der Waals surface area contributed by atoms with E-state index in [0.29, 0.717) is 11.6 Å². The van der Waals surface area contributed by atoms with Gasteiger partial charge in [-0.25, -0.2) is 4.98 Å². The number of aromatic nitrogens is 3. The second kappa shape index (κ2) is 7.56. The average Bonchev–Trinajstić information content (AvgIpc) is 3.51. The third kappa shape index (κ3) is 3.23. The van der Waals surface area contributed by atoms with E-state index in [2.05, 4.69) is 64.7 Å². The maximum atomic E-state index is 5.15. The second-order valence-corrected chi connectivity index (χ2v) is 10.1. The van der Waals surface area contributed by atoms with Gasteiger partial charge < -0.3 is 10.2 Å². The van der Waals surface area contributed by atoms with Crippen molar-refractivity contribution in [2.75, 3.05) is 31.6 Å². The van der Waals surface area contributed by atoms with Crippen molar-refractivity contribution in [1.29, 1.82) is 0 Å². The molecular weight excluding hydrogens is 396 g/mol. The predicted molar refractivity (Wildman–Crippen MR) is 128 cm³/mol. The van der Waals surface area contributed by atoms with E-state index in [1.165, 1.54) is 47.7 Å². The molecule has 168 valence electrons. The summed E-state index contributed by atoms with van der Waals surface area (Å²) in [5.74, 6) is 1.30. The fourth-order valence-corrected chi connectivity index (χ4v) is 5.99. The van der Waals surface area contributed by atoms with Crippen molar-refractivity contribution in [2.24, 2.45) is 0 Å². The van der Waals surface area contributed by atoms with Crippen LogP contribution in [0.25, 0.3) is 5.65 Å². The summed E-state index contributed by atoms with van der Waals surface area (Å²) >= 11 is 0.